The highest BCUT2D eigenvalue weighted by Gasteiger charge is 2.22. The summed E-state index contributed by atoms with van der Waals surface area (Å²) in [5.41, 5.74) is 3.20. The number of rotatable bonds is 3. The number of amides is 1. The average Bonchev–Trinajstić information content (AvgIpc) is 3.14. The third-order valence-corrected chi connectivity index (χ3v) is 4.43. The van der Waals surface area contributed by atoms with Crippen molar-refractivity contribution >= 4 is 22.4 Å². The molecule has 1 aromatic carbocycles. The fraction of sp³-hybridized carbons (Fsp3) is 0.278. The zero-order chi connectivity index (χ0) is 17.3. The number of anilines is 1. The zero-order valence-electron chi connectivity index (χ0n) is 14.2. The monoisotopic (exact) mass is 340 g/mol. The molecule has 2 aromatic heterocycles. The first-order valence-corrected chi connectivity index (χ1v) is 8.59. The first kappa shape index (κ1) is 16.4. The van der Waals surface area contributed by atoms with Crippen molar-refractivity contribution in [3.8, 4) is 11.3 Å². The molecule has 5 nitrogen and oxygen atoms in total. The standard InChI is InChI=1S/C18H20N4OS/c1-18(2,3)15-10-14(22(4)21-15)16(23)20-17-19-13(11-24-17)12-8-6-5-7-9-12/h5-11H,1-4H3,(H,19,20,23). The average molecular weight is 340 g/mol. The predicted octanol–water partition coefficient (Wildman–Crippen LogP) is 4.09. The second kappa shape index (κ2) is 6.20. The van der Waals surface area contributed by atoms with Crippen LogP contribution >= 0.6 is 11.3 Å². The van der Waals surface area contributed by atoms with E-state index in [-0.39, 0.29) is 11.3 Å². The Kier molecular flexibility index (Phi) is 4.24. The van der Waals surface area contributed by atoms with Crippen LogP contribution in [0.2, 0.25) is 0 Å². The molecule has 1 N–H and O–H groups in total. The van der Waals surface area contributed by atoms with Crippen LogP contribution in [0.25, 0.3) is 11.3 Å². The van der Waals surface area contributed by atoms with Crippen molar-refractivity contribution in [3.05, 3.63) is 53.2 Å². The lowest BCUT2D eigenvalue weighted by Crippen LogP contribution is -2.15. The van der Waals surface area contributed by atoms with Crippen molar-refractivity contribution in [2.75, 3.05) is 5.32 Å². The summed E-state index contributed by atoms with van der Waals surface area (Å²) in [4.78, 5) is 17.0. The third kappa shape index (κ3) is 3.38. The number of benzene rings is 1. The van der Waals surface area contributed by atoms with Crippen molar-refractivity contribution in [3.63, 3.8) is 0 Å². The summed E-state index contributed by atoms with van der Waals surface area (Å²) in [7, 11) is 1.78. The number of aryl methyl sites for hydroxylation is 1. The van der Waals surface area contributed by atoms with Gasteiger partial charge in [0.05, 0.1) is 11.4 Å². The molecule has 0 saturated carbocycles. The summed E-state index contributed by atoms with van der Waals surface area (Å²) in [6, 6.07) is 11.7. The molecule has 0 spiro atoms. The second-order valence-electron chi connectivity index (χ2n) is 6.65. The van der Waals surface area contributed by atoms with E-state index in [1.165, 1.54) is 11.3 Å². The molecule has 124 valence electrons. The topological polar surface area (TPSA) is 59.8 Å². The van der Waals surface area contributed by atoms with Crippen LogP contribution in [0.4, 0.5) is 5.13 Å². The second-order valence-corrected chi connectivity index (χ2v) is 7.50. The van der Waals surface area contributed by atoms with Crippen molar-refractivity contribution in [1.29, 1.82) is 0 Å². The lowest BCUT2D eigenvalue weighted by atomic mass is 9.92. The van der Waals surface area contributed by atoms with Gasteiger partial charge in [0.2, 0.25) is 0 Å². The molecule has 0 bridgehead atoms. The van der Waals surface area contributed by atoms with E-state index in [1.54, 1.807) is 11.7 Å². The Morgan fingerprint density at radius 3 is 2.54 bits per heavy atom. The molecule has 0 saturated heterocycles. The summed E-state index contributed by atoms with van der Waals surface area (Å²) in [5, 5.41) is 9.82. The molecule has 6 heteroatoms. The van der Waals surface area contributed by atoms with Crippen LogP contribution in [0.1, 0.15) is 37.0 Å². The Morgan fingerprint density at radius 2 is 1.92 bits per heavy atom. The lowest BCUT2D eigenvalue weighted by Gasteiger charge is -2.13. The van der Waals surface area contributed by atoms with Crippen LogP contribution in [0.5, 0.6) is 0 Å². The van der Waals surface area contributed by atoms with Crippen molar-refractivity contribution < 1.29 is 4.79 Å². The molecule has 0 atom stereocenters. The molecular formula is C18H20N4OS. The Labute approximate surface area is 145 Å². The quantitative estimate of drug-likeness (QED) is 0.781. The molecule has 0 aliphatic carbocycles. The maximum atomic E-state index is 12.5. The first-order valence-electron chi connectivity index (χ1n) is 7.71. The highest BCUT2D eigenvalue weighted by Crippen LogP contribution is 2.26. The maximum absolute atomic E-state index is 12.5. The number of aromatic nitrogens is 3. The van der Waals surface area contributed by atoms with Gasteiger partial charge in [-0.3, -0.25) is 14.8 Å². The van der Waals surface area contributed by atoms with E-state index in [0.717, 1.165) is 17.0 Å². The van der Waals surface area contributed by atoms with Crippen molar-refractivity contribution in [2.45, 2.75) is 26.2 Å². The van der Waals surface area contributed by atoms with Crippen LogP contribution in [0.15, 0.2) is 41.8 Å². The predicted molar refractivity (Wildman–Crippen MR) is 97.4 cm³/mol. The molecule has 0 aliphatic rings. The van der Waals surface area contributed by atoms with Gasteiger partial charge in [-0.15, -0.1) is 11.3 Å². The van der Waals surface area contributed by atoms with E-state index in [0.29, 0.717) is 10.8 Å². The van der Waals surface area contributed by atoms with Crippen molar-refractivity contribution in [1.82, 2.24) is 14.8 Å². The molecule has 3 aromatic rings. The van der Waals surface area contributed by atoms with Crippen LogP contribution in [0.3, 0.4) is 0 Å². The van der Waals surface area contributed by atoms with Gasteiger partial charge in [0.25, 0.3) is 5.91 Å². The molecule has 0 aliphatic heterocycles. The van der Waals surface area contributed by atoms with Crippen molar-refractivity contribution in [2.24, 2.45) is 7.05 Å². The van der Waals surface area contributed by atoms with Crippen LogP contribution in [-0.4, -0.2) is 20.7 Å². The Balaban J connectivity index is 1.79. The van der Waals surface area contributed by atoms with E-state index >= 15 is 0 Å². The van der Waals surface area contributed by atoms with Crippen LogP contribution in [-0.2, 0) is 12.5 Å². The van der Waals surface area contributed by atoms with Gasteiger partial charge in [-0.1, -0.05) is 51.1 Å². The summed E-state index contributed by atoms with van der Waals surface area (Å²) in [6.45, 7) is 6.22. The molecule has 0 fully saturated rings. The number of hydrogen-bond acceptors (Lipinski definition) is 4. The fourth-order valence-corrected chi connectivity index (χ4v) is 2.99. The summed E-state index contributed by atoms with van der Waals surface area (Å²) >= 11 is 1.41. The Morgan fingerprint density at radius 1 is 1.21 bits per heavy atom. The van der Waals surface area contributed by atoms with Gasteiger partial charge in [-0.25, -0.2) is 4.98 Å². The highest BCUT2D eigenvalue weighted by molar-refractivity contribution is 7.14. The summed E-state index contributed by atoms with van der Waals surface area (Å²) in [5.74, 6) is -0.200. The van der Waals surface area contributed by atoms with E-state index in [1.807, 2.05) is 41.8 Å². The Hall–Kier alpha value is -2.47. The van der Waals surface area contributed by atoms with Crippen LogP contribution < -0.4 is 5.32 Å². The number of carbonyl (C=O) groups is 1. The highest BCUT2D eigenvalue weighted by atomic mass is 32.1. The number of hydrogen-bond donors (Lipinski definition) is 1. The molecule has 0 radical (unpaired) electrons. The van der Waals surface area contributed by atoms with E-state index < -0.39 is 0 Å². The number of carbonyl (C=O) groups excluding carboxylic acids is 1. The van der Waals surface area contributed by atoms with Gasteiger partial charge >= 0.3 is 0 Å². The maximum Gasteiger partial charge on any atom is 0.275 e. The van der Waals surface area contributed by atoms with E-state index in [4.69, 9.17) is 0 Å². The van der Waals surface area contributed by atoms with Gasteiger partial charge in [0.1, 0.15) is 5.69 Å². The lowest BCUT2D eigenvalue weighted by molar-refractivity contribution is 0.101. The normalized spacial score (nSPS) is 11.5. The van der Waals surface area contributed by atoms with Gasteiger partial charge in [-0.05, 0) is 6.07 Å². The molecule has 0 unspecified atom stereocenters. The summed E-state index contributed by atoms with van der Waals surface area (Å²) < 4.78 is 1.61. The first-order chi connectivity index (χ1) is 11.3. The van der Waals surface area contributed by atoms with Gasteiger partial charge in [-0.2, -0.15) is 5.10 Å². The van der Waals surface area contributed by atoms with E-state index in [9.17, 15) is 4.79 Å². The fourth-order valence-electron chi connectivity index (χ4n) is 2.28. The summed E-state index contributed by atoms with van der Waals surface area (Å²) in [6.07, 6.45) is 0. The molecule has 2 heterocycles. The zero-order valence-corrected chi connectivity index (χ0v) is 15.0. The Bertz CT molecular complexity index is 859. The minimum atomic E-state index is -0.200. The smallest absolute Gasteiger partial charge is 0.275 e. The number of nitrogens with zero attached hydrogens (tertiary/aromatic N) is 3. The SMILES string of the molecule is Cn1nc(C(C)(C)C)cc1C(=O)Nc1nc(-c2ccccc2)cs1. The van der Waals surface area contributed by atoms with Crippen LogP contribution in [0, 0.1) is 0 Å². The molecule has 24 heavy (non-hydrogen) atoms. The van der Waals surface area contributed by atoms with E-state index in [2.05, 4.69) is 36.2 Å². The third-order valence-electron chi connectivity index (χ3n) is 3.68. The molecule has 3 rings (SSSR count). The van der Waals surface area contributed by atoms with Gasteiger partial charge in [0.15, 0.2) is 5.13 Å². The van der Waals surface area contributed by atoms with Gasteiger partial charge in [0, 0.05) is 23.4 Å². The van der Waals surface area contributed by atoms with Gasteiger partial charge < -0.3 is 0 Å². The molecular weight excluding hydrogens is 320 g/mol. The minimum Gasteiger partial charge on any atom is -0.296 e. The number of nitrogens with one attached hydrogen (secondary N) is 1. The largest absolute Gasteiger partial charge is 0.296 e. The minimum absolute atomic E-state index is 0.0993. The molecule has 1 amide bonds. The number of thiazole rings is 1.